The van der Waals surface area contributed by atoms with Crippen LogP contribution in [0.4, 0.5) is 4.39 Å². The zero-order chi connectivity index (χ0) is 14.7. The van der Waals surface area contributed by atoms with E-state index in [2.05, 4.69) is 21.0 Å². The largest absolute Gasteiger partial charge is 0.493 e. The Hall–Kier alpha value is -1.40. The number of aryl methyl sites for hydroxylation is 1. The van der Waals surface area contributed by atoms with E-state index in [4.69, 9.17) is 10.5 Å². The third-order valence-corrected chi connectivity index (χ3v) is 3.58. The Bertz CT molecular complexity index is 600. The Morgan fingerprint density at radius 2 is 2.25 bits per heavy atom. The van der Waals surface area contributed by atoms with Gasteiger partial charge in [-0.25, -0.2) is 4.39 Å². The Labute approximate surface area is 125 Å². The number of halogens is 2. The van der Waals surface area contributed by atoms with Gasteiger partial charge in [-0.3, -0.25) is 4.68 Å². The van der Waals surface area contributed by atoms with Crippen molar-refractivity contribution >= 4 is 15.9 Å². The molecule has 20 heavy (non-hydrogen) atoms. The minimum atomic E-state index is -0.628. The normalized spacial score (nSPS) is 12.4. The molecule has 0 aliphatic rings. The Kier molecular flexibility index (Phi) is 4.77. The van der Waals surface area contributed by atoms with Gasteiger partial charge < -0.3 is 10.5 Å². The second-order valence-corrected chi connectivity index (χ2v) is 5.38. The lowest BCUT2D eigenvalue weighted by Crippen LogP contribution is -2.19. The van der Waals surface area contributed by atoms with Gasteiger partial charge in [0.15, 0.2) is 5.75 Å². The van der Waals surface area contributed by atoms with Crippen molar-refractivity contribution in [3.05, 3.63) is 45.9 Å². The lowest BCUT2D eigenvalue weighted by atomic mass is 10.0. The van der Waals surface area contributed by atoms with Gasteiger partial charge in [-0.2, -0.15) is 5.10 Å². The number of nitrogens with zero attached hydrogens (tertiary/aromatic N) is 2. The SMILES string of the molecule is CCCn1ncc(OC)c1C(N)c1cc(Br)ccc1F. The van der Waals surface area contributed by atoms with Crippen molar-refractivity contribution in [3.63, 3.8) is 0 Å². The van der Waals surface area contributed by atoms with Crippen LogP contribution in [0.25, 0.3) is 0 Å². The van der Waals surface area contributed by atoms with Crippen LogP contribution in [-0.4, -0.2) is 16.9 Å². The lowest BCUT2D eigenvalue weighted by molar-refractivity contribution is 0.403. The summed E-state index contributed by atoms with van der Waals surface area (Å²) >= 11 is 3.34. The Morgan fingerprint density at radius 1 is 1.50 bits per heavy atom. The Balaban J connectivity index is 2.48. The van der Waals surface area contributed by atoms with Crippen LogP contribution in [-0.2, 0) is 6.54 Å². The van der Waals surface area contributed by atoms with Crippen LogP contribution in [0.3, 0.4) is 0 Å². The maximum absolute atomic E-state index is 14.0. The van der Waals surface area contributed by atoms with Crippen molar-refractivity contribution in [2.45, 2.75) is 25.9 Å². The number of nitrogens with two attached hydrogens (primary N) is 1. The van der Waals surface area contributed by atoms with Crippen molar-refractivity contribution in [2.75, 3.05) is 7.11 Å². The van der Waals surface area contributed by atoms with Gasteiger partial charge in [0.25, 0.3) is 0 Å². The average Bonchev–Trinajstić information content (AvgIpc) is 2.84. The number of benzene rings is 1. The predicted molar refractivity (Wildman–Crippen MR) is 79.2 cm³/mol. The molecule has 0 fully saturated rings. The molecule has 0 radical (unpaired) electrons. The molecule has 1 heterocycles. The van der Waals surface area contributed by atoms with E-state index in [1.54, 1.807) is 30.1 Å². The first-order chi connectivity index (χ1) is 9.58. The molecule has 2 rings (SSSR count). The molecule has 6 heteroatoms. The standard InChI is InChI=1S/C14H17BrFN3O/c1-3-6-19-14(12(20-2)8-18-19)13(17)10-7-9(15)4-5-11(10)16/h4-5,7-8,13H,3,6,17H2,1-2H3. The van der Waals surface area contributed by atoms with E-state index in [0.717, 1.165) is 10.9 Å². The number of rotatable bonds is 5. The molecule has 0 amide bonds. The van der Waals surface area contributed by atoms with Crippen LogP contribution in [0.1, 0.15) is 30.6 Å². The first-order valence-electron chi connectivity index (χ1n) is 6.38. The number of methoxy groups -OCH3 is 1. The monoisotopic (exact) mass is 341 g/mol. The van der Waals surface area contributed by atoms with Crippen LogP contribution in [0.5, 0.6) is 5.75 Å². The van der Waals surface area contributed by atoms with Crippen molar-refractivity contribution in [2.24, 2.45) is 5.73 Å². The average molecular weight is 342 g/mol. The zero-order valence-corrected chi connectivity index (χ0v) is 13.0. The van der Waals surface area contributed by atoms with Crippen molar-refractivity contribution < 1.29 is 9.13 Å². The van der Waals surface area contributed by atoms with E-state index in [1.165, 1.54) is 6.07 Å². The summed E-state index contributed by atoms with van der Waals surface area (Å²) in [5, 5.41) is 4.25. The van der Waals surface area contributed by atoms with E-state index in [1.807, 2.05) is 6.92 Å². The molecule has 0 bridgehead atoms. The molecule has 4 nitrogen and oxygen atoms in total. The molecule has 0 spiro atoms. The quantitative estimate of drug-likeness (QED) is 0.908. The van der Waals surface area contributed by atoms with Crippen molar-refractivity contribution in [3.8, 4) is 5.75 Å². The van der Waals surface area contributed by atoms with Gasteiger partial charge in [-0.15, -0.1) is 0 Å². The third kappa shape index (κ3) is 2.86. The highest BCUT2D eigenvalue weighted by molar-refractivity contribution is 9.10. The molecule has 1 unspecified atom stereocenters. The molecule has 2 aromatic rings. The highest BCUT2D eigenvalue weighted by atomic mass is 79.9. The predicted octanol–water partition coefficient (Wildman–Crippen LogP) is 3.25. The van der Waals surface area contributed by atoms with Gasteiger partial charge in [-0.1, -0.05) is 22.9 Å². The summed E-state index contributed by atoms with van der Waals surface area (Å²) in [7, 11) is 1.56. The fourth-order valence-corrected chi connectivity index (χ4v) is 2.52. The van der Waals surface area contributed by atoms with Crippen molar-refractivity contribution in [1.82, 2.24) is 9.78 Å². The first kappa shape index (κ1) is 15.0. The van der Waals surface area contributed by atoms with Crippen molar-refractivity contribution in [1.29, 1.82) is 0 Å². The summed E-state index contributed by atoms with van der Waals surface area (Å²) in [5.41, 5.74) is 7.34. The molecule has 0 aliphatic carbocycles. The highest BCUT2D eigenvalue weighted by Crippen LogP contribution is 2.31. The lowest BCUT2D eigenvalue weighted by Gasteiger charge is -2.17. The van der Waals surface area contributed by atoms with Gasteiger partial charge in [0.1, 0.15) is 11.5 Å². The van der Waals surface area contributed by atoms with Gasteiger partial charge >= 0.3 is 0 Å². The molecule has 2 N–H and O–H groups in total. The van der Waals surface area contributed by atoms with E-state index in [0.29, 0.717) is 23.6 Å². The van der Waals surface area contributed by atoms with E-state index in [-0.39, 0.29) is 5.82 Å². The van der Waals surface area contributed by atoms with Gasteiger partial charge in [0, 0.05) is 16.6 Å². The van der Waals surface area contributed by atoms with E-state index >= 15 is 0 Å². The van der Waals surface area contributed by atoms with E-state index < -0.39 is 6.04 Å². The summed E-state index contributed by atoms with van der Waals surface area (Å²) in [6.07, 6.45) is 2.52. The molecular weight excluding hydrogens is 325 g/mol. The summed E-state index contributed by atoms with van der Waals surface area (Å²) in [4.78, 5) is 0. The number of hydrogen-bond acceptors (Lipinski definition) is 3. The molecule has 0 saturated heterocycles. The molecule has 0 aliphatic heterocycles. The molecule has 0 saturated carbocycles. The Morgan fingerprint density at radius 3 is 2.90 bits per heavy atom. The summed E-state index contributed by atoms with van der Waals surface area (Å²) < 4.78 is 21.8. The third-order valence-electron chi connectivity index (χ3n) is 3.09. The number of ether oxygens (including phenoxy) is 1. The maximum atomic E-state index is 14.0. The minimum absolute atomic E-state index is 0.341. The molecular formula is C14H17BrFN3O. The van der Waals surface area contributed by atoms with E-state index in [9.17, 15) is 4.39 Å². The molecule has 108 valence electrons. The van der Waals surface area contributed by atoms with Gasteiger partial charge in [-0.05, 0) is 24.6 Å². The van der Waals surface area contributed by atoms with Gasteiger partial charge in [0.05, 0.1) is 19.3 Å². The van der Waals surface area contributed by atoms with Gasteiger partial charge in [0.2, 0.25) is 0 Å². The molecule has 1 atom stereocenters. The molecule has 1 aromatic carbocycles. The summed E-state index contributed by atoms with van der Waals surface area (Å²) in [5.74, 6) is 0.234. The summed E-state index contributed by atoms with van der Waals surface area (Å²) in [6.45, 7) is 2.76. The second-order valence-electron chi connectivity index (χ2n) is 4.46. The topological polar surface area (TPSA) is 53.1 Å². The fraction of sp³-hybridized carbons (Fsp3) is 0.357. The second kappa shape index (κ2) is 6.37. The minimum Gasteiger partial charge on any atom is -0.493 e. The fourth-order valence-electron chi connectivity index (χ4n) is 2.14. The number of hydrogen-bond donors (Lipinski definition) is 1. The summed E-state index contributed by atoms with van der Waals surface area (Å²) in [6, 6.07) is 4.10. The van der Waals surface area contributed by atoms with Crippen LogP contribution in [0.15, 0.2) is 28.9 Å². The number of aromatic nitrogens is 2. The van der Waals surface area contributed by atoms with Crippen LogP contribution >= 0.6 is 15.9 Å². The van der Waals surface area contributed by atoms with Crippen LogP contribution in [0.2, 0.25) is 0 Å². The zero-order valence-electron chi connectivity index (χ0n) is 11.4. The maximum Gasteiger partial charge on any atom is 0.161 e. The smallest absolute Gasteiger partial charge is 0.161 e. The highest BCUT2D eigenvalue weighted by Gasteiger charge is 2.22. The van der Waals surface area contributed by atoms with Crippen LogP contribution < -0.4 is 10.5 Å². The molecule has 1 aromatic heterocycles. The van der Waals surface area contributed by atoms with Crippen LogP contribution in [0, 0.1) is 5.82 Å². The first-order valence-corrected chi connectivity index (χ1v) is 7.18.